The van der Waals surface area contributed by atoms with Gasteiger partial charge in [-0.15, -0.1) is 0 Å². The average molecular weight is 396 g/mol. The van der Waals surface area contributed by atoms with Crippen LogP contribution < -0.4 is 0 Å². The summed E-state index contributed by atoms with van der Waals surface area (Å²) in [7, 11) is 0. The van der Waals surface area contributed by atoms with Crippen molar-refractivity contribution >= 4 is 11.6 Å². The number of fused-ring (bicyclic) bond motifs is 3. The fourth-order valence-corrected chi connectivity index (χ4v) is 5.40. The lowest BCUT2D eigenvalue weighted by Crippen LogP contribution is -2.44. The predicted molar refractivity (Wildman–Crippen MR) is 117 cm³/mol. The van der Waals surface area contributed by atoms with E-state index in [-0.39, 0.29) is 11.3 Å². The molecule has 150 valence electrons. The third-order valence-electron chi connectivity index (χ3n) is 7.13. The van der Waals surface area contributed by atoms with E-state index in [0.717, 1.165) is 42.7 Å². The smallest absolute Gasteiger partial charge is 0.272 e. The Kier molecular flexibility index (Phi) is 3.85. The summed E-state index contributed by atoms with van der Waals surface area (Å²) in [6, 6.07) is 14.9. The number of imidazole rings is 1. The van der Waals surface area contributed by atoms with Crippen molar-refractivity contribution in [1.82, 2.24) is 19.3 Å². The van der Waals surface area contributed by atoms with E-state index >= 15 is 0 Å². The van der Waals surface area contributed by atoms with Gasteiger partial charge in [0.05, 0.1) is 6.20 Å². The molecule has 0 radical (unpaired) electrons. The summed E-state index contributed by atoms with van der Waals surface area (Å²) in [5.74, 6) is 0.0786. The van der Waals surface area contributed by atoms with Gasteiger partial charge in [-0.2, -0.15) is 0 Å². The SMILES string of the molecule is O=C(c1cnc2ccc(-c3cc[nH]c3)cn12)N1CCC2(CCc3ccccc32)CC1. The highest BCUT2D eigenvalue weighted by atomic mass is 16.2. The molecular formula is C25H24N4O. The first-order valence-electron chi connectivity index (χ1n) is 10.7. The van der Waals surface area contributed by atoms with Gasteiger partial charge in [0, 0.05) is 37.2 Å². The summed E-state index contributed by atoms with van der Waals surface area (Å²) in [6.07, 6.45) is 12.1. The maximum atomic E-state index is 13.4. The van der Waals surface area contributed by atoms with Gasteiger partial charge in [-0.1, -0.05) is 24.3 Å². The molecule has 3 aromatic heterocycles. The standard InChI is InChI=1S/C25H24N4O/c30-24(22-16-27-23-6-5-20(17-29(22)23)19-8-12-26-15-19)28-13-10-25(11-14-28)9-7-18-3-1-2-4-21(18)25/h1-6,8,12,15-17,26H,7,9-11,13-14H2. The van der Waals surface area contributed by atoms with Crippen molar-refractivity contribution < 1.29 is 4.79 Å². The molecule has 1 aliphatic heterocycles. The van der Waals surface area contributed by atoms with E-state index < -0.39 is 0 Å². The van der Waals surface area contributed by atoms with Crippen molar-refractivity contribution in [2.45, 2.75) is 31.1 Å². The Morgan fingerprint density at radius 3 is 2.70 bits per heavy atom. The zero-order valence-electron chi connectivity index (χ0n) is 16.8. The molecule has 1 saturated heterocycles. The summed E-state index contributed by atoms with van der Waals surface area (Å²) in [4.78, 5) is 22.9. The number of aromatic amines is 1. The number of likely N-dealkylation sites (tertiary alicyclic amines) is 1. The molecular weight excluding hydrogens is 372 g/mol. The molecule has 6 rings (SSSR count). The largest absolute Gasteiger partial charge is 0.367 e. The fraction of sp³-hybridized carbons (Fsp3) is 0.280. The highest BCUT2D eigenvalue weighted by Crippen LogP contribution is 2.46. The molecule has 1 fully saturated rings. The number of aromatic nitrogens is 3. The molecule has 4 heterocycles. The quantitative estimate of drug-likeness (QED) is 0.544. The van der Waals surface area contributed by atoms with Gasteiger partial charge in [-0.05, 0) is 66.0 Å². The maximum absolute atomic E-state index is 13.4. The van der Waals surface area contributed by atoms with E-state index in [4.69, 9.17) is 0 Å². The lowest BCUT2D eigenvalue weighted by Gasteiger charge is -2.40. The molecule has 2 aliphatic rings. The number of benzene rings is 1. The zero-order chi connectivity index (χ0) is 20.1. The number of piperidine rings is 1. The number of rotatable bonds is 2. The first-order chi connectivity index (χ1) is 14.7. The van der Waals surface area contributed by atoms with Crippen molar-refractivity contribution in [2.75, 3.05) is 13.1 Å². The first-order valence-corrected chi connectivity index (χ1v) is 10.7. The van der Waals surface area contributed by atoms with Gasteiger partial charge in [-0.25, -0.2) is 4.98 Å². The third-order valence-corrected chi connectivity index (χ3v) is 7.13. The Morgan fingerprint density at radius 2 is 1.87 bits per heavy atom. The molecule has 1 N–H and O–H groups in total. The zero-order valence-corrected chi connectivity index (χ0v) is 16.8. The van der Waals surface area contributed by atoms with E-state index in [2.05, 4.69) is 34.2 Å². The van der Waals surface area contributed by atoms with Crippen molar-refractivity contribution in [3.8, 4) is 11.1 Å². The van der Waals surface area contributed by atoms with Crippen molar-refractivity contribution in [3.63, 3.8) is 0 Å². The number of carbonyl (C=O) groups excluding carboxylic acids is 1. The van der Waals surface area contributed by atoms with Crippen LogP contribution in [0.15, 0.2) is 67.3 Å². The van der Waals surface area contributed by atoms with Crippen LogP contribution in [0.2, 0.25) is 0 Å². The number of nitrogens with one attached hydrogen (secondary N) is 1. The molecule has 0 atom stereocenters. The minimum Gasteiger partial charge on any atom is -0.367 e. The van der Waals surface area contributed by atoms with Crippen LogP contribution >= 0.6 is 0 Å². The van der Waals surface area contributed by atoms with Gasteiger partial charge in [0.25, 0.3) is 5.91 Å². The van der Waals surface area contributed by atoms with Gasteiger partial charge in [0.1, 0.15) is 11.3 Å². The lowest BCUT2D eigenvalue weighted by atomic mass is 9.74. The van der Waals surface area contributed by atoms with Gasteiger partial charge in [0.15, 0.2) is 0 Å². The highest BCUT2D eigenvalue weighted by Gasteiger charge is 2.42. The molecule has 0 unspecified atom stereocenters. The van der Waals surface area contributed by atoms with Crippen LogP contribution in [-0.4, -0.2) is 38.3 Å². The van der Waals surface area contributed by atoms with Crippen LogP contribution in [-0.2, 0) is 11.8 Å². The number of pyridine rings is 1. The molecule has 1 amide bonds. The predicted octanol–water partition coefficient (Wildman–Crippen LogP) is 4.45. The van der Waals surface area contributed by atoms with Crippen molar-refractivity contribution in [1.29, 1.82) is 0 Å². The van der Waals surface area contributed by atoms with E-state index in [1.54, 1.807) is 6.20 Å². The molecule has 5 heteroatoms. The van der Waals surface area contributed by atoms with Crippen LogP contribution in [0.25, 0.3) is 16.8 Å². The second-order valence-electron chi connectivity index (χ2n) is 8.62. The number of aryl methyl sites for hydroxylation is 1. The molecule has 0 bridgehead atoms. The number of nitrogens with zero attached hydrogens (tertiary/aromatic N) is 3. The van der Waals surface area contributed by atoms with Gasteiger partial charge in [-0.3, -0.25) is 9.20 Å². The minimum absolute atomic E-state index is 0.0786. The van der Waals surface area contributed by atoms with E-state index in [0.29, 0.717) is 5.69 Å². The average Bonchev–Trinajstić information content (AvgIpc) is 3.53. The Labute approximate surface area is 175 Å². The number of carbonyl (C=O) groups is 1. The molecule has 0 saturated carbocycles. The topological polar surface area (TPSA) is 53.4 Å². The number of amides is 1. The Morgan fingerprint density at radius 1 is 1.00 bits per heavy atom. The van der Waals surface area contributed by atoms with E-state index in [1.807, 2.05) is 46.1 Å². The van der Waals surface area contributed by atoms with E-state index in [1.165, 1.54) is 24.0 Å². The van der Waals surface area contributed by atoms with Crippen LogP contribution in [0.5, 0.6) is 0 Å². The van der Waals surface area contributed by atoms with Crippen molar-refractivity contribution in [3.05, 3.63) is 84.1 Å². The number of H-pyrrole nitrogens is 1. The van der Waals surface area contributed by atoms with Crippen LogP contribution in [0, 0.1) is 0 Å². The summed E-state index contributed by atoms with van der Waals surface area (Å²) >= 11 is 0. The van der Waals surface area contributed by atoms with Gasteiger partial charge < -0.3 is 9.88 Å². The Bertz CT molecular complexity index is 1230. The van der Waals surface area contributed by atoms with Crippen LogP contribution in [0.3, 0.4) is 0 Å². The Hall–Kier alpha value is -3.34. The summed E-state index contributed by atoms with van der Waals surface area (Å²) in [5, 5.41) is 0. The Balaban J connectivity index is 1.26. The molecule has 1 aromatic carbocycles. The highest BCUT2D eigenvalue weighted by molar-refractivity contribution is 5.93. The summed E-state index contributed by atoms with van der Waals surface area (Å²) < 4.78 is 1.93. The molecule has 5 nitrogen and oxygen atoms in total. The summed E-state index contributed by atoms with van der Waals surface area (Å²) in [5.41, 5.74) is 6.88. The molecule has 30 heavy (non-hydrogen) atoms. The van der Waals surface area contributed by atoms with Crippen molar-refractivity contribution in [2.24, 2.45) is 0 Å². The summed E-state index contributed by atoms with van der Waals surface area (Å²) in [6.45, 7) is 1.61. The van der Waals surface area contributed by atoms with Crippen LogP contribution in [0.4, 0.5) is 0 Å². The maximum Gasteiger partial charge on any atom is 0.272 e. The minimum atomic E-state index is 0.0786. The second-order valence-corrected chi connectivity index (χ2v) is 8.62. The molecule has 1 aliphatic carbocycles. The molecule has 1 spiro atoms. The van der Waals surface area contributed by atoms with Gasteiger partial charge >= 0.3 is 0 Å². The monoisotopic (exact) mass is 396 g/mol. The number of hydrogen-bond donors (Lipinski definition) is 1. The van der Waals surface area contributed by atoms with Crippen LogP contribution in [0.1, 0.15) is 40.9 Å². The molecule has 4 aromatic rings. The second kappa shape index (κ2) is 6.59. The van der Waals surface area contributed by atoms with Gasteiger partial charge in [0.2, 0.25) is 0 Å². The third kappa shape index (κ3) is 2.61. The first kappa shape index (κ1) is 17.5. The fourth-order valence-electron chi connectivity index (χ4n) is 5.40. The van der Waals surface area contributed by atoms with E-state index in [9.17, 15) is 4.79 Å². The number of hydrogen-bond acceptors (Lipinski definition) is 2. The lowest BCUT2D eigenvalue weighted by molar-refractivity contribution is 0.0659. The normalized spacial score (nSPS) is 17.5.